The molecular weight excluding hydrogens is 280 g/mol. The number of halogens is 1. The molecule has 3 nitrogen and oxygen atoms in total. The first-order chi connectivity index (χ1) is 8.24. The van der Waals surface area contributed by atoms with Crippen molar-refractivity contribution in [2.45, 2.75) is 19.4 Å². The lowest BCUT2D eigenvalue weighted by molar-refractivity contribution is 0.406. The van der Waals surface area contributed by atoms with E-state index in [-0.39, 0.29) is 0 Å². The van der Waals surface area contributed by atoms with Gasteiger partial charge in [-0.1, -0.05) is 22.9 Å². The molecule has 1 aliphatic heterocycles. The number of nitrogens with zero attached hydrogens (tertiary/aromatic N) is 1. The normalized spacial score (nSPS) is 20.4. The zero-order valence-electron chi connectivity index (χ0n) is 10.4. The van der Waals surface area contributed by atoms with E-state index >= 15 is 0 Å². The molecule has 0 aliphatic carbocycles. The van der Waals surface area contributed by atoms with Gasteiger partial charge in [-0.25, -0.2) is 0 Å². The summed E-state index contributed by atoms with van der Waals surface area (Å²) in [6.07, 6.45) is 1.16. The van der Waals surface area contributed by atoms with Crippen molar-refractivity contribution in [3.63, 3.8) is 0 Å². The fourth-order valence-corrected chi connectivity index (χ4v) is 2.58. The molecule has 1 N–H and O–H groups in total. The minimum Gasteiger partial charge on any atom is -0.495 e. The van der Waals surface area contributed by atoms with Crippen LogP contribution < -0.4 is 15.0 Å². The van der Waals surface area contributed by atoms with Crippen molar-refractivity contribution in [1.82, 2.24) is 5.32 Å². The molecule has 1 saturated heterocycles. The molecule has 0 amide bonds. The summed E-state index contributed by atoms with van der Waals surface area (Å²) < 4.78 is 6.54. The van der Waals surface area contributed by atoms with Gasteiger partial charge in [0.2, 0.25) is 0 Å². The van der Waals surface area contributed by atoms with Gasteiger partial charge in [-0.15, -0.1) is 0 Å². The van der Waals surface area contributed by atoms with Crippen molar-refractivity contribution in [2.24, 2.45) is 0 Å². The number of ether oxygens (including phenoxy) is 1. The smallest absolute Gasteiger partial charge is 0.142 e. The predicted octanol–water partition coefficient (Wildman–Crippen LogP) is 2.65. The van der Waals surface area contributed by atoms with Crippen LogP contribution in [-0.2, 0) is 0 Å². The van der Waals surface area contributed by atoms with E-state index in [1.54, 1.807) is 7.11 Å². The molecule has 1 atom stereocenters. The first kappa shape index (κ1) is 12.7. The highest BCUT2D eigenvalue weighted by Gasteiger charge is 2.20. The average Bonchev–Trinajstić information content (AvgIpc) is 2.39. The summed E-state index contributed by atoms with van der Waals surface area (Å²) in [5, 5.41) is 3.53. The van der Waals surface area contributed by atoms with E-state index in [0.29, 0.717) is 6.04 Å². The largest absolute Gasteiger partial charge is 0.495 e. The van der Waals surface area contributed by atoms with E-state index in [9.17, 15) is 0 Å². The molecule has 17 heavy (non-hydrogen) atoms. The molecule has 2 rings (SSSR count). The maximum Gasteiger partial charge on any atom is 0.142 e. The number of benzene rings is 1. The van der Waals surface area contributed by atoms with Crippen molar-refractivity contribution >= 4 is 21.6 Å². The van der Waals surface area contributed by atoms with Gasteiger partial charge in [0.05, 0.1) is 12.8 Å². The highest BCUT2D eigenvalue weighted by Crippen LogP contribution is 2.32. The summed E-state index contributed by atoms with van der Waals surface area (Å²) in [7, 11) is 1.73. The van der Waals surface area contributed by atoms with E-state index in [2.05, 4.69) is 39.1 Å². The highest BCUT2D eigenvalue weighted by atomic mass is 79.9. The van der Waals surface area contributed by atoms with E-state index in [0.717, 1.165) is 36.3 Å². The Balaban J connectivity index is 2.22. The van der Waals surface area contributed by atoms with Crippen molar-refractivity contribution < 1.29 is 4.74 Å². The number of methoxy groups -OCH3 is 1. The average molecular weight is 299 g/mol. The summed E-state index contributed by atoms with van der Waals surface area (Å²) in [5.41, 5.74) is 1.18. The number of rotatable bonds is 3. The van der Waals surface area contributed by atoms with Crippen molar-refractivity contribution in [3.8, 4) is 5.75 Å². The Hall–Kier alpha value is -0.740. The van der Waals surface area contributed by atoms with Crippen LogP contribution in [0.15, 0.2) is 22.7 Å². The van der Waals surface area contributed by atoms with Crippen molar-refractivity contribution in [1.29, 1.82) is 0 Å². The monoisotopic (exact) mass is 298 g/mol. The summed E-state index contributed by atoms with van der Waals surface area (Å²) >= 11 is 3.53. The minimum absolute atomic E-state index is 0.576. The fourth-order valence-electron chi connectivity index (χ4n) is 2.23. The fraction of sp³-hybridized carbons (Fsp3) is 0.538. The van der Waals surface area contributed by atoms with Gasteiger partial charge in [-0.2, -0.15) is 0 Å². The van der Waals surface area contributed by atoms with Gasteiger partial charge in [0.1, 0.15) is 5.75 Å². The van der Waals surface area contributed by atoms with Crippen molar-refractivity contribution in [2.75, 3.05) is 31.6 Å². The number of hydrogen-bond acceptors (Lipinski definition) is 3. The summed E-state index contributed by atoms with van der Waals surface area (Å²) in [5.74, 6) is 0.949. The van der Waals surface area contributed by atoms with Crippen LogP contribution in [0, 0.1) is 0 Å². The second kappa shape index (κ2) is 5.74. The first-order valence-electron chi connectivity index (χ1n) is 6.06. The summed E-state index contributed by atoms with van der Waals surface area (Å²) in [6.45, 7) is 5.33. The minimum atomic E-state index is 0.576. The lowest BCUT2D eigenvalue weighted by Gasteiger charge is -2.35. The van der Waals surface area contributed by atoms with Crippen LogP contribution in [0.5, 0.6) is 5.75 Å². The molecule has 0 radical (unpaired) electrons. The molecule has 94 valence electrons. The molecule has 1 aliphatic rings. The number of hydrogen-bond donors (Lipinski definition) is 1. The standard InChI is InChI=1S/C13H19BrN2O/c1-3-11-9-16(7-6-15-11)12-8-10(14)4-5-13(12)17-2/h4-5,8,11,15H,3,6-7,9H2,1-2H3. The SMILES string of the molecule is CCC1CN(c2cc(Br)ccc2OC)CCN1. The Bertz CT molecular complexity index is 384. The van der Waals surface area contributed by atoms with Crippen LogP contribution in [-0.4, -0.2) is 32.8 Å². The van der Waals surface area contributed by atoms with Crippen LogP contribution in [0.25, 0.3) is 0 Å². The molecule has 1 aromatic carbocycles. The summed E-state index contributed by atoms with van der Waals surface area (Å²) in [4.78, 5) is 2.40. The number of piperazine rings is 1. The predicted molar refractivity (Wildman–Crippen MR) is 75.0 cm³/mol. The zero-order chi connectivity index (χ0) is 12.3. The Morgan fingerprint density at radius 1 is 1.53 bits per heavy atom. The molecule has 1 fully saturated rings. The summed E-state index contributed by atoms with van der Waals surface area (Å²) in [6, 6.07) is 6.74. The Morgan fingerprint density at radius 3 is 3.06 bits per heavy atom. The third-order valence-corrected chi connectivity index (χ3v) is 3.72. The molecule has 4 heteroatoms. The molecule has 1 aromatic rings. The second-order valence-corrected chi connectivity index (χ2v) is 5.24. The van der Waals surface area contributed by atoms with Gasteiger partial charge >= 0.3 is 0 Å². The van der Waals surface area contributed by atoms with E-state index < -0.39 is 0 Å². The molecule has 1 unspecified atom stereocenters. The Kier molecular flexibility index (Phi) is 4.29. The quantitative estimate of drug-likeness (QED) is 0.928. The first-order valence-corrected chi connectivity index (χ1v) is 6.85. The van der Waals surface area contributed by atoms with Crippen LogP contribution in [0.2, 0.25) is 0 Å². The van der Waals surface area contributed by atoms with Gasteiger partial charge in [-0.05, 0) is 24.6 Å². The van der Waals surface area contributed by atoms with E-state index in [4.69, 9.17) is 4.74 Å². The maximum atomic E-state index is 5.44. The molecular formula is C13H19BrN2O. The van der Waals surface area contributed by atoms with Gasteiger partial charge in [0, 0.05) is 30.1 Å². The third kappa shape index (κ3) is 2.93. The second-order valence-electron chi connectivity index (χ2n) is 4.32. The number of nitrogens with one attached hydrogen (secondary N) is 1. The Morgan fingerprint density at radius 2 is 2.35 bits per heavy atom. The van der Waals surface area contributed by atoms with Crippen LogP contribution in [0.3, 0.4) is 0 Å². The van der Waals surface area contributed by atoms with Crippen LogP contribution in [0.4, 0.5) is 5.69 Å². The van der Waals surface area contributed by atoms with Crippen LogP contribution in [0.1, 0.15) is 13.3 Å². The molecule has 0 bridgehead atoms. The van der Waals surface area contributed by atoms with Gasteiger partial charge < -0.3 is 15.0 Å². The van der Waals surface area contributed by atoms with E-state index in [1.165, 1.54) is 5.69 Å². The lowest BCUT2D eigenvalue weighted by atomic mass is 10.1. The number of anilines is 1. The molecule has 0 saturated carbocycles. The lowest BCUT2D eigenvalue weighted by Crippen LogP contribution is -2.50. The van der Waals surface area contributed by atoms with Gasteiger partial charge in [-0.3, -0.25) is 0 Å². The maximum absolute atomic E-state index is 5.44. The van der Waals surface area contributed by atoms with Gasteiger partial charge in [0.25, 0.3) is 0 Å². The van der Waals surface area contributed by atoms with E-state index in [1.807, 2.05) is 12.1 Å². The van der Waals surface area contributed by atoms with Gasteiger partial charge in [0.15, 0.2) is 0 Å². The molecule has 1 heterocycles. The van der Waals surface area contributed by atoms with Crippen molar-refractivity contribution in [3.05, 3.63) is 22.7 Å². The molecule has 0 spiro atoms. The zero-order valence-corrected chi connectivity index (χ0v) is 12.0. The van der Waals surface area contributed by atoms with Crippen LogP contribution >= 0.6 is 15.9 Å². The Labute approximate surface area is 111 Å². The third-order valence-electron chi connectivity index (χ3n) is 3.23. The highest BCUT2D eigenvalue weighted by molar-refractivity contribution is 9.10. The topological polar surface area (TPSA) is 24.5 Å². The molecule has 0 aromatic heterocycles.